The van der Waals surface area contributed by atoms with Gasteiger partial charge < -0.3 is 20.7 Å². The first-order valence-electron chi connectivity index (χ1n) is 8.85. The van der Waals surface area contributed by atoms with Crippen molar-refractivity contribution in [3.63, 3.8) is 0 Å². The molecule has 0 radical (unpaired) electrons. The van der Waals surface area contributed by atoms with Crippen LogP contribution in [0.5, 0.6) is 5.75 Å². The fraction of sp³-hybridized carbons (Fsp3) is 0.238. The molecule has 0 fully saturated rings. The number of nitrogens with one attached hydrogen (secondary N) is 3. The lowest BCUT2D eigenvalue weighted by Crippen LogP contribution is -2.46. The van der Waals surface area contributed by atoms with E-state index in [0.29, 0.717) is 22.7 Å². The molecular weight excluding hydrogens is 342 g/mol. The zero-order valence-corrected chi connectivity index (χ0v) is 15.6. The van der Waals surface area contributed by atoms with E-state index in [1.807, 2.05) is 36.4 Å². The van der Waals surface area contributed by atoms with E-state index in [1.165, 1.54) is 5.56 Å². The topological polar surface area (TPSA) is 79.5 Å². The van der Waals surface area contributed by atoms with Gasteiger partial charge in [0.1, 0.15) is 5.75 Å². The fourth-order valence-corrected chi connectivity index (χ4v) is 3.13. The molecule has 0 spiro atoms. The lowest BCUT2D eigenvalue weighted by molar-refractivity contribution is -0.113. The summed E-state index contributed by atoms with van der Waals surface area (Å²) in [6.45, 7) is 3.81. The molecule has 1 aliphatic heterocycles. The summed E-state index contributed by atoms with van der Waals surface area (Å²) in [5.74, 6) is 0.273. The number of allylic oxidation sites excluding steroid dienone is 1. The summed E-state index contributed by atoms with van der Waals surface area (Å²) >= 11 is 0. The van der Waals surface area contributed by atoms with Crippen molar-refractivity contribution in [2.75, 3.05) is 12.4 Å². The third-order valence-corrected chi connectivity index (χ3v) is 4.59. The zero-order chi connectivity index (χ0) is 19.4. The standard InChI is InChI=1S/C21H23N3O3/c1-4-14-9-11-15(12-10-14)19-18(13(2)22-21(26)24-19)20(25)23-16-7-5-6-8-17(16)27-3/h5-12,19H,4H2,1-3H3,(H,23,25)(H2,22,24,26). The summed E-state index contributed by atoms with van der Waals surface area (Å²) in [6.07, 6.45) is 0.925. The number of carbonyl (C=O) groups excluding carboxylic acids is 2. The first-order valence-corrected chi connectivity index (χ1v) is 8.85. The molecule has 3 rings (SSSR count). The predicted octanol–water partition coefficient (Wildman–Crippen LogP) is 3.52. The third-order valence-electron chi connectivity index (χ3n) is 4.59. The Hall–Kier alpha value is -3.28. The SMILES string of the molecule is CCc1ccc(C2NC(=O)NC(C)=C2C(=O)Nc2ccccc2OC)cc1. The highest BCUT2D eigenvalue weighted by Crippen LogP contribution is 2.30. The van der Waals surface area contributed by atoms with Crippen LogP contribution in [0.4, 0.5) is 10.5 Å². The molecule has 27 heavy (non-hydrogen) atoms. The van der Waals surface area contributed by atoms with Gasteiger partial charge in [-0.25, -0.2) is 4.79 Å². The Morgan fingerprint density at radius 1 is 1.15 bits per heavy atom. The number of hydrogen-bond donors (Lipinski definition) is 3. The number of amides is 3. The van der Waals surface area contributed by atoms with Crippen LogP contribution in [-0.4, -0.2) is 19.0 Å². The first kappa shape index (κ1) is 18.5. The summed E-state index contributed by atoms with van der Waals surface area (Å²) in [4.78, 5) is 25.0. The van der Waals surface area contributed by atoms with Crippen molar-refractivity contribution >= 4 is 17.6 Å². The number of hydrogen-bond acceptors (Lipinski definition) is 3. The van der Waals surface area contributed by atoms with Crippen LogP contribution in [0.15, 0.2) is 59.8 Å². The molecule has 6 nitrogen and oxygen atoms in total. The van der Waals surface area contributed by atoms with E-state index in [4.69, 9.17) is 4.74 Å². The fourth-order valence-electron chi connectivity index (χ4n) is 3.13. The monoisotopic (exact) mass is 365 g/mol. The molecule has 6 heteroatoms. The molecule has 1 aliphatic rings. The maximum atomic E-state index is 13.0. The highest BCUT2D eigenvalue weighted by Gasteiger charge is 2.31. The highest BCUT2D eigenvalue weighted by atomic mass is 16.5. The minimum Gasteiger partial charge on any atom is -0.495 e. The van der Waals surface area contributed by atoms with Crippen LogP contribution in [0.3, 0.4) is 0 Å². The van der Waals surface area contributed by atoms with Gasteiger partial charge in [0.05, 0.1) is 24.4 Å². The van der Waals surface area contributed by atoms with Gasteiger partial charge >= 0.3 is 6.03 Å². The van der Waals surface area contributed by atoms with Crippen LogP contribution < -0.4 is 20.7 Å². The van der Waals surface area contributed by atoms with Gasteiger partial charge in [-0.15, -0.1) is 0 Å². The molecule has 1 atom stereocenters. The van der Waals surface area contributed by atoms with Crippen LogP contribution >= 0.6 is 0 Å². The van der Waals surface area contributed by atoms with E-state index in [-0.39, 0.29) is 11.9 Å². The Balaban J connectivity index is 1.94. The van der Waals surface area contributed by atoms with E-state index in [0.717, 1.165) is 12.0 Å². The number of ether oxygens (including phenoxy) is 1. The molecule has 1 heterocycles. The van der Waals surface area contributed by atoms with Gasteiger partial charge in [0.2, 0.25) is 0 Å². The quantitative estimate of drug-likeness (QED) is 0.758. The van der Waals surface area contributed by atoms with Crippen molar-refractivity contribution in [3.05, 3.63) is 70.9 Å². The Bertz CT molecular complexity index is 888. The second kappa shape index (κ2) is 7.95. The molecule has 3 amide bonds. The summed E-state index contributed by atoms with van der Waals surface area (Å²) in [5, 5.41) is 8.42. The normalized spacial score (nSPS) is 16.4. The van der Waals surface area contributed by atoms with Crippen LogP contribution in [0.1, 0.15) is 31.0 Å². The van der Waals surface area contributed by atoms with Crippen molar-refractivity contribution in [1.29, 1.82) is 0 Å². The summed E-state index contributed by atoms with van der Waals surface area (Å²) < 4.78 is 5.30. The Labute approximate surface area is 158 Å². The number of aryl methyl sites for hydroxylation is 1. The molecule has 2 aromatic rings. The van der Waals surface area contributed by atoms with E-state index < -0.39 is 6.04 Å². The minimum absolute atomic E-state index is 0.297. The largest absolute Gasteiger partial charge is 0.495 e. The number of methoxy groups -OCH3 is 1. The van der Waals surface area contributed by atoms with Gasteiger partial charge in [0.15, 0.2) is 0 Å². The maximum Gasteiger partial charge on any atom is 0.319 e. The summed E-state index contributed by atoms with van der Waals surface area (Å²) in [7, 11) is 1.55. The van der Waals surface area contributed by atoms with Gasteiger partial charge in [-0.1, -0.05) is 43.3 Å². The van der Waals surface area contributed by atoms with E-state index in [9.17, 15) is 9.59 Å². The third kappa shape index (κ3) is 3.95. The zero-order valence-electron chi connectivity index (χ0n) is 15.6. The Morgan fingerprint density at radius 3 is 2.52 bits per heavy atom. The van der Waals surface area contributed by atoms with Crippen LogP contribution in [0.25, 0.3) is 0 Å². The van der Waals surface area contributed by atoms with Crippen LogP contribution in [0.2, 0.25) is 0 Å². The molecular formula is C21H23N3O3. The second-order valence-electron chi connectivity index (χ2n) is 6.32. The number of urea groups is 1. The number of anilines is 1. The summed E-state index contributed by atoms with van der Waals surface area (Å²) in [6, 6.07) is 14.2. The van der Waals surface area contributed by atoms with Crippen LogP contribution in [0, 0.1) is 0 Å². The van der Waals surface area contributed by atoms with Gasteiger partial charge in [-0.3, -0.25) is 4.79 Å². The molecule has 0 aliphatic carbocycles. The number of rotatable bonds is 5. The molecule has 140 valence electrons. The lowest BCUT2D eigenvalue weighted by atomic mass is 9.94. The molecule has 2 aromatic carbocycles. The average molecular weight is 365 g/mol. The molecule has 0 saturated heterocycles. The van der Waals surface area contributed by atoms with Crippen molar-refractivity contribution < 1.29 is 14.3 Å². The van der Waals surface area contributed by atoms with Crippen molar-refractivity contribution in [3.8, 4) is 5.75 Å². The highest BCUT2D eigenvalue weighted by molar-refractivity contribution is 6.07. The van der Waals surface area contributed by atoms with E-state index in [2.05, 4.69) is 22.9 Å². The van der Waals surface area contributed by atoms with Crippen LogP contribution in [-0.2, 0) is 11.2 Å². The van der Waals surface area contributed by atoms with Crippen molar-refractivity contribution in [1.82, 2.24) is 10.6 Å². The summed E-state index contributed by atoms with van der Waals surface area (Å²) in [5.41, 5.74) is 3.61. The van der Waals surface area contributed by atoms with Crippen molar-refractivity contribution in [2.24, 2.45) is 0 Å². The predicted molar refractivity (Wildman–Crippen MR) is 105 cm³/mol. The average Bonchev–Trinajstić information content (AvgIpc) is 2.67. The smallest absolute Gasteiger partial charge is 0.319 e. The molecule has 3 N–H and O–H groups in total. The minimum atomic E-state index is -0.528. The second-order valence-corrected chi connectivity index (χ2v) is 6.32. The molecule has 0 bridgehead atoms. The van der Waals surface area contributed by atoms with Gasteiger partial charge in [0.25, 0.3) is 5.91 Å². The van der Waals surface area contributed by atoms with Crippen molar-refractivity contribution in [2.45, 2.75) is 26.3 Å². The first-order chi connectivity index (χ1) is 13.0. The number of carbonyl (C=O) groups is 2. The molecule has 0 aromatic heterocycles. The molecule has 0 saturated carbocycles. The number of benzene rings is 2. The maximum absolute atomic E-state index is 13.0. The van der Waals surface area contributed by atoms with Gasteiger partial charge in [-0.2, -0.15) is 0 Å². The Morgan fingerprint density at radius 2 is 1.85 bits per heavy atom. The Kier molecular flexibility index (Phi) is 5.45. The van der Waals surface area contributed by atoms with E-state index >= 15 is 0 Å². The van der Waals surface area contributed by atoms with E-state index in [1.54, 1.807) is 26.2 Å². The number of para-hydroxylation sites is 2. The lowest BCUT2D eigenvalue weighted by Gasteiger charge is -2.29. The van der Waals surface area contributed by atoms with Gasteiger partial charge in [0, 0.05) is 5.70 Å². The molecule has 1 unspecified atom stereocenters. The van der Waals surface area contributed by atoms with Gasteiger partial charge in [-0.05, 0) is 36.6 Å².